The van der Waals surface area contributed by atoms with Gasteiger partial charge in [0.2, 0.25) is 5.95 Å². The van der Waals surface area contributed by atoms with E-state index in [0.29, 0.717) is 16.3 Å². The number of thiazole rings is 1. The quantitative estimate of drug-likeness (QED) is 0.231. The first-order valence-electron chi connectivity index (χ1n) is 11.7. The van der Waals surface area contributed by atoms with E-state index in [0.717, 1.165) is 10.2 Å². The zero-order valence-electron chi connectivity index (χ0n) is 20.0. The van der Waals surface area contributed by atoms with E-state index in [-0.39, 0.29) is 30.5 Å². The number of alkyl halides is 3. The number of ether oxygens (including phenoxy) is 1. The van der Waals surface area contributed by atoms with Gasteiger partial charge >= 0.3 is 6.36 Å². The van der Waals surface area contributed by atoms with Crippen LogP contribution in [-0.2, 0) is 0 Å². The molecule has 4 aromatic rings. The van der Waals surface area contributed by atoms with Crippen LogP contribution in [0.2, 0.25) is 0 Å². The number of nitrogens with zero attached hydrogens (tertiary/aromatic N) is 3. The van der Waals surface area contributed by atoms with Crippen molar-refractivity contribution >= 4 is 39.0 Å². The highest BCUT2D eigenvalue weighted by molar-refractivity contribution is 7.21. The van der Waals surface area contributed by atoms with Gasteiger partial charge in [-0.25, -0.2) is 9.97 Å². The lowest BCUT2D eigenvalue weighted by atomic mass is 10.1. The molecule has 1 saturated carbocycles. The highest BCUT2D eigenvalue weighted by atomic mass is 32.1. The van der Waals surface area contributed by atoms with Gasteiger partial charge in [-0.15, -0.1) is 24.5 Å². The van der Waals surface area contributed by atoms with Crippen molar-refractivity contribution in [3.63, 3.8) is 0 Å². The number of aromatic nitrogens is 3. The number of hydrogen-bond acceptors (Lipinski definition) is 10. The van der Waals surface area contributed by atoms with E-state index in [1.807, 2.05) is 24.3 Å². The van der Waals surface area contributed by atoms with Gasteiger partial charge < -0.3 is 30.7 Å². The molecule has 5 N–H and O–H groups in total. The SMILES string of the molecule is Cc1nc(Nc2ccccc2OC(F)(F)F)nc(N[C@@H]2C[C@H](CO)[C@@H](O)[C@H]2O)c1-c1nc2ccccc2s1. The van der Waals surface area contributed by atoms with Crippen LogP contribution in [0.5, 0.6) is 5.75 Å². The number of aliphatic hydroxyl groups is 3. The molecule has 0 amide bonds. The average Bonchev–Trinajstić information content (AvgIpc) is 3.40. The molecule has 0 saturated heterocycles. The summed E-state index contributed by atoms with van der Waals surface area (Å²) in [5, 5.41) is 37.0. The molecule has 4 atom stereocenters. The Morgan fingerprint density at radius 2 is 1.76 bits per heavy atom. The summed E-state index contributed by atoms with van der Waals surface area (Å²) in [5.74, 6) is -0.727. The third-order valence-corrected chi connectivity index (χ3v) is 7.37. The molecule has 0 radical (unpaired) electrons. The summed E-state index contributed by atoms with van der Waals surface area (Å²) < 4.78 is 43.8. The molecule has 0 bridgehead atoms. The van der Waals surface area contributed by atoms with Crippen molar-refractivity contribution in [3.8, 4) is 16.3 Å². The first-order chi connectivity index (χ1) is 18.1. The van der Waals surface area contributed by atoms with Gasteiger partial charge in [-0.2, -0.15) is 4.98 Å². The van der Waals surface area contributed by atoms with E-state index in [9.17, 15) is 28.5 Å². The molecular formula is C25H24F3N5O4S. The van der Waals surface area contributed by atoms with Gasteiger partial charge in [-0.05, 0) is 37.6 Å². The molecule has 0 aliphatic heterocycles. The molecular weight excluding hydrogens is 523 g/mol. The lowest BCUT2D eigenvalue weighted by Gasteiger charge is -2.21. The van der Waals surface area contributed by atoms with E-state index >= 15 is 0 Å². The minimum Gasteiger partial charge on any atom is -0.404 e. The molecule has 38 heavy (non-hydrogen) atoms. The lowest BCUT2D eigenvalue weighted by molar-refractivity contribution is -0.274. The zero-order valence-corrected chi connectivity index (χ0v) is 20.8. The van der Waals surface area contributed by atoms with E-state index in [1.54, 1.807) is 13.0 Å². The van der Waals surface area contributed by atoms with E-state index in [1.165, 1.54) is 29.5 Å². The standard InChI is InChI=1S/C25H24F3N5O4S/c1-12-19(23-31-15-7-3-5-9-18(15)38-23)22(30-16-10-13(11-34)20(35)21(16)36)33-24(29-12)32-14-6-2-4-8-17(14)37-25(26,27)28/h2-9,13,16,20-21,34-36H,10-11H2,1H3,(H2,29,30,32,33)/t13-,16-,20-,21+/m1/s1. The number of aliphatic hydroxyl groups excluding tert-OH is 3. The maximum atomic E-state index is 12.9. The van der Waals surface area contributed by atoms with Gasteiger partial charge in [0.05, 0.1) is 39.3 Å². The Morgan fingerprint density at radius 3 is 2.47 bits per heavy atom. The molecule has 9 nitrogen and oxygen atoms in total. The second-order valence-corrected chi connectivity index (χ2v) is 9.95. The van der Waals surface area contributed by atoms with Crippen molar-refractivity contribution in [1.29, 1.82) is 0 Å². The molecule has 1 fully saturated rings. The van der Waals surface area contributed by atoms with Crippen LogP contribution in [0, 0.1) is 12.8 Å². The van der Waals surface area contributed by atoms with Crippen LogP contribution in [0.1, 0.15) is 12.1 Å². The lowest BCUT2D eigenvalue weighted by Crippen LogP contribution is -2.35. The van der Waals surface area contributed by atoms with Gasteiger partial charge in [0.25, 0.3) is 0 Å². The normalized spacial score (nSPS) is 21.6. The number of fused-ring (bicyclic) bond motifs is 1. The molecule has 200 valence electrons. The zero-order chi connectivity index (χ0) is 27.0. The number of anilines is 3. The molecule has 1 aliphatic carbocycles. The summed E-state index contributed by atoms with van der Waals surface area (Å²) in [4.78, 5) is 13.7. The topological polar surface area (TPSA) is 133 Å². The number of hydrogen-bond donors (Lipinski definition) is 5. The molecule has 0 spiro atoms. The fraction of sp³-hybridized carbons (Fsp3) is 0.320. The van der Waals surface area contributed by atoms with Crippen molar-refractivity contribution in [1.82, 2.24) is 15.0 Å². The van der Waals surface area contributed by atoms with Crippen LogP contribution in [-0.4, -0.2) is 61.5 Å². The summed E-state index contributed by atoms with van der Waals surface area (Å²) in [7, 11) is 0. The molecule has 5 rings (SSSR count). The smallest absolute Gasteiger partial charge is 0.404 e. The van der Waals surface area contributed by atoms with Crippen LogP contribution < -0.4 is 15.4 Å². The van der Waals surface area contributed by atoms with E-state index in [2.05, 4.69) is 25.3 Å². The maximum absolute atomic E-state index is 12.9. The van der Waals surface area contributed by atoms with Gasteiger partial charge in [-0.1, -0.05) is 24.3 Å². The van der Waals surface area contributed by atoms with Crippen molar-refractivity contribution < 1.29 is 33.2 Å². The Morgan fingerprint density at radius 1 is 1.03 bits per heavy atom. The highest BCUT2D eigenvalue weighted by Crippen LogP contribution is 2.39. The number of nitrogens with one attached hydrogen (secondary N) is 2. The van der Waals surface area contributed by atoms with Crippen LogP contribution in [0.15, 0.2) is 48.5 Å². The summed E-state index contributed by atoms with van der Waals surface area (Å²) in [6.07, 6.45) is -6.93. The number of para-hydroxylation sites is 3. The van der Waals surface area contributed by atoms with E-state index in [4.69, 9.17) is 4.98 Å². The van der Waals surface area contributed by atoms with E-state index < -0.39 is 36.3 Å². The molecule has 1 aliphatic rings. The van der Waals surface area contributed by atoms with Crippen molar-refractivity contribution in [2.24, 2.45) is 5.92 Å². The Bertz CT molecular complexity index is 1420. The third-order valence-electron chi connectivity index (χ3n) is 6.32. The highest BCUT2D eigenvalue weighted by Gasteiger charge is 2.41. The summed E-state index contributed by atoms with van der Waals surface area (Å²) in [6, 6.07) is 12.4. The largest absolute Gasteiger partial charge is 0.573 e. The van der Waals surface area contributed by atoms with Crippen LogP contribution in [0.25, 0.3) is 20.8 Å². The first kappa shape index (κ1) is 26.1. The monoisotopic (exact) mass is 547 g/mol. The average molecular weight is 548 g/mol. The van der Waals surface area contributed by atoms with Gasteiger partial charge in [0.15, 0.2) is 5.75 Å². The molecule has 2 aromatic carbocycles. The summed E-state index contributed by atoms with van der Waals surface area (Å²) in [5.41, 5.74) is 1.80. The molecule has 0 unspecified atom stereocenters. The predicted octanol–water partition coefficient (Wildman–Crippen LogP) is 4.22. The maximum Gasteiger partial charge on any atom is 0.573 e. The summed E-state index contributed by atoms with van der Waals surface area (Å²) in [6.45, 7) is 1.42. The van der Waals surface area contributed by atoms with Crippen LogP contribution in [0.3, 0.4) is 0 Å². The minimum absolute atomic E-state index is 0.000389. The Hall–Kier alpha value is -3.52. The fourth-order valence-corrected chi connectivity index (χ4v) is 5.56. The Kier molecular flexibility index (Phi) is 7.09. The molecule has 13 heteroatoms. The predicted molar refractivity (Wildman–Crippen MR) is 136 cm³/mol. The minimum atomic E-state index is -4.89. The van der Waals surface area contributed by atoms with Crippen molar-refractivity contribution in [2.75, 3.05) is 17.2 Å². The number of benzene rings is 2. The molecule has 2 heterocycles. The Labute approximate surface area is 219 Å². The number of rotatable bonds is 7. The van der Waals surface area contributed by atoms with Gasteiger partial charge in [-0.3, -0.25) is 0 Å². The first-order valence-corrected chi connectivity index (χ1v) is 12.5. The van der Waals surface area contributed by atoms with Gasteiger partial charge in [0, 0.05) is 12.5 Å². The summed E-state index contributed by atoms with van der Waals surface area (Å²) >= 11 is 1.41. The van der Waals surface area contributed by atoms with Crippen molar-refractivity contribution in [3.05, 3.63) is 54.2 Å². The molecule has 2 aromatic heterocycles. The Balaban J connectivity index is 1.56. The third kappa shape index (κ3) is 5.36. The van der Waals surface area contributed by atoms with Crippen LogP contribution in [0.4, 0.5) is 30.6 Å². The number of aryl methyl sites for hydroxylation is 1. The number of halogens is 3. The van der Waals surface area contributed by atoms with Crippen molar-refractivity contribution in [2.45, 2.75) is 38.0 Å². The second kappa shape index (κ2) is 10.3. The second-order valence-electron chi connectivity index (χ2n) is 8.92. The fourth-order valence-electron chi connectivity index (χ4n) is 4.50. The van der Waals surface area contributed by atoms with Gasteiger partial charge in [0.1, 0.15) is 16.9 Å². The van der Waals surface area contributed by atoms with Crippen LogP contribution >= 0.6 is 11.3 Å².